The third-order valence-electron chi connectivity index (χ3n) is 3.04. The normalized spacial score (nSPS) is 19.6. The summed E-state index contributed by atoms with van der Waals surface area (Å²) in [6.45, 7) is 4.12. The van der Waals surface area contributed by atoms with Crippen LogP contribution in [0.4, 0.5) is 11.4 Å². The molecule has 2 heterocycles. The predicted octanol–water partition coefficient (Wildman–Crippen LogP) is 1.59. The Balaban J connectivity index is 1.93. The lowest BCUT2D eigenvalue weighted by atomic mass is 10.2. The van der Waals surface area contributed by atoms with Crippen molar-refractivity contribution >= 4 is 23.1 Å². The molecular weight excluding hydrogens is 236 g/mol. The van der Waals surface area contributed by atoms with Crippen LogP contribution < -0.4 is 15.4 Å². The molecular formula is C12H16N2O2S. The Morgan fingerprint density at radius 3 is 2.82 bits per heavy atom. The van der Waals surface area contributed by atoms with E-state index in [0.717, 1.165) is 60.7 Å². The molecule has 4 nitrogen and oxygen atoms in total. The zero-order valence-corrected chi connectivity index (χ0v) is 10.5. The minimum absolute atomic E-state index is 0.770. The van der Waals surface area contributed by atoms with Gasteiger partial charge < -0.3 is 20.1 Å². The molecule has 0 aromatic heterocycles. The van der Waals surface area contributed by atoms with Crippen molar-refractivity contribution in [3.8, 4) is 5.75 Å². The van der Waals surface area contributed by atoms with Gasteiger partial charge in [-0.25, -0.2) is 0 Å². The van der Waals surface area contributed by atoms with Crippen molar-refractivity contribution in [2.24, 2.45) is 0 Å². The molecule has 2 N–H and O–H groups in total. The first-order valence-corrected chi connectivity index (χ1v) is 6.85. The number of hydrogen-bond acceptors (Lipinski definition) is 5. The molecule has 3 rings (SSSR count). The number of thioether (sulfide) groups is 1. The van der Waals surface area contributed by atoms with Gasteiger partial charge in [-0.2, -0.15) is 0 Å². The second-order valence-corrected chi connectivity index (χ2v) is 5.29. The van der Waals surface area contributed by atoms with Gasteiger partial charge in [-0.15, -0.1) is 11.8 Å². The van der Waals surface area contributed by atoms with E-state index in [-0.39, 0.29) is 0 Å². The van der Waals surface area contributed by atoms with Gasteiger partial charge in [-0.3, -0.25) is 0 Å². The average molecular weight is 252 g/mol. The lowest BCUT2D eigenvalue weighted by Crippen LogP contribution is -2.36. The Hall–Kier alpha value is -1.07. The second kappa shape index (κ2) is 4.66. The molecule has 2 aliphatic rings. The molecule has 0 aliphatic carbocycles. The molecule has 92 valence electrons. The van der Waals surface area contributed by atoms with Gasteiger partial charge in [0, 0.05) is 24.9 Å². The topological polar surface area (TPSA) is 47.7 Å². The quantitative estimate of drug-likeness (QED) is 0.769. The Kier molecular flexibility index (Phi) is 3.03. The van der Waals surface area contributed by atoms with Crippen LogP contribution in [0, 0.1) is 0 Å². The van der Waals surface area contributed by atoms with Crippen molar-refractivity contribution in [3.63, 3.8) is 0 Å². The highest BCUT2D eigenvalue weighted by Gasteiger charge is 2.19. The lowest BCUT2D eigenvalue weighted by Gasteiger charge is -2.31. The van der Waals surface area contributed by atoms with Crippen LogP contribution in [0.25, 0.3) is 0 Å². The van der Waals surface area contributed by atoms with Crippen LogP contribution in [0.1, 0.15) is 0 Å². The van der Waals surface area contributed by atoms with E-state index in [0.29, 0.717) is 0 Å². The van der Waals surface area contributed by atoms with Gasteiger partial charge in [-0.1, -0.05) is 0 Å². The fraction of sp³-hybridized carbons (Fsp3) is 0.500. The number of nitrogens with zero attached hydrogens (tertiary/aromatic N) is 1. The van der Waals surface area contributed by atoms with E-state index in [1.807, 2.05) is 17.8 Å². The number of anilines is 2. The SMILES string of the molecule is Nc1cc2c(cc1N1CCOCC1)OCCS2. The molecule has 0 spiro atoms. The van der Waals surface area contributed by atoms with Crippen LogP contribution in [0.5, 0.6) is 5.75 Å². The van der Waals surface area contributed by atoms with E-state index in [1.165, 1.54) is 0 Å². The standard InChI is InChI=1S/C12H16N2O2S/c13-9-7-12-11(16-5-6-17-12)8-10(9)14-1-3-15-4-2-14/h7-8H,1-6,13H2. The van der Waals surface area contributed by atoms with Crippen LogP contribution in [0.15, 0.2) is 17.0 Å². The van der Waals surface area contributed by atoms with Crippen molar-refractivity contribution in [3.05, 3.63) is 12.1 Å². The Morgan fingerprint density at radius 2 is 2.00 bits per heavy atom. The number of benzene rings is 1. The molecule has 0 amide bonds. The maximum atomic E-state index is 6.12. The first kappa shape index (κ1) is 11.0. The number of morpholine rings is 1. The first-order chi connectivity index (χ1) is 8.34. The van der Waals surface area contributed by atoms with E-state index >= 15 is 0 Å². The van der Waals surface area contributed by atoms with Crippen LogP contribution in [-0.2, 0) is 4.74 Å². The maximum absolute atomic E-state index is 6.12. The summed E-state index contributed by atoms with van der Waals surface area (Å²) >= 11 is 1.81. The lowest BCUT2D eigenvalue weighted by molar-refractivity contribution is 0.122. The summed E-state index contributed by atoms with van der Waals surface area (Å²) in [5.41, 5.74) is 8.04. The molecule has 1 aromatic carbocycles. The summed E-state index contributed by atoms with van der Waals surface area (Å²) in [5.74, 6) is 1.97. The summed E-state index contributed by atoms with van der Waals surface area (Å²) < 4.78 is 11.0. The highest BCUT2D eigenvalue weighted by atomic mass is 32.2. The minimum atomic E-state index is 0.770. The summed E-state index contributed by atoms with van der Waals surface area (Å²) in [7, 11) is 0. The number of fused-ring (bicyclic) bond motifs is 1. The zero-order valence-electron chi connectivity index (χ0n) is 9.65. The van der Waals surface area contributed by atoms with Gasteiger partial charge in [0.25, 0.3) is 0 Å². The van der Waals surface area contributed by atoms with Gasteiger partial charge in [0.05, 0.1) is 36.1 Å². The Bertz CT molecular complexity index is 419. The number of ether oxygens (including phenoxy) is 2. The molecule has 1 aromatic rings. The first-order valence-electron chi connectivity index (χ1n) is 5.86. The molecule has 0 bridgehead atoms. The van der Waals surface area contributed by atoms with Gasteiger partial charge in [0.2, 0.25) is 0 Å². The Morgan fingerprint density at radius 1 is 1.18 bits per heavy atom. The van der Waals surface area contributed by atoms with Crippen molar-refractivity contribution in [2.45, 2.75) is 4.90 Å². The molecule has 5 heteroatoms. The molecule has 1 saturated heterocycles. The van der Waals surface area contributed by atoms with Crippen molar-refractivity contribution in [2.75, 3.05) is 49.3 Å². The number of rotatable bonds is 1. The molecule has 17 heavy (non-hydrogen) atoms. The van der Waals surface area contributed by atoms with E-state index < -0.39 is 0 Å². The smallest absolute Gasteiger partial charge is 0.135 e. The fourth-order valence-corrected chi connectivity index (χ4v) is 3.03. The van der Waals surface area contributed by atoms with E-state index in [4.69, 9.17) is 15.2 Å². The summed E-state index contributed by atoms with van der Waals surface area (Å²) in [6.07, 6.45) is 0. The monoisotopic (exact) mass is 252 g/mol. The highest BCUT2D eigenvalue weighted by Crippen LogP contribution is 2.39. The number of hydrogen-bond donors (Lipinski definition) is 1. The Labute approximate surface area is 105 Å². The van der Waals surface area contributed by atoms with Crippen molar-refractivity contribution < 1.29 is 9.47 Å². The third-order valence-corrected chi connectivity index (χ3v) is 4.04. The van der Waals surface area contributed by atoms with Gasteiger partial charge in [-0.05, 0) is 6.07 Å². The minimum Gasteiger partial charge on any atom is -0.491 e. The molecule has 1 fully saturated rings. The van der Waals surface area contributed by atoms with Crippen LogP contribution in [-0.4, -0.2) is 38.7 Å². The van der Waals surface area contributed by atoms with E-state index in [9.17, 15) is 0 Å². The summed E-state index contributed by atoms with van der Waals surface area (Å²) in [6, 6.07) is 4.10. The van der Waals surface area contributed by atoms with E-state index in [1.54, 1.807) is 0 Å². The molecule has 0 radical (unpaired) electrons. The number of nitrogen functional groups attached to an aromatic ring is 1. The van der Waals surface area contributed by atoms with Crippen molar-refractivity contribution in [1.29, 1.82) is 0 Å². The second-order valence-electron chi connectivity index (χ2n) is 4.15. The van der Waals surface area contributed by atoms with Gasteiger partial charge in [0.15, 0.2) is 0 Å². The highest BCUT2D eigenvalue weighted by molar-refractivity contribution is 7.99. The van der Waals surface area contributed by atoms with Crippen molar-refractivity contribution in [1.82, 2.24) is 0 Å². The summed E-state index contributed by atoms with van der Waals surface area (Å²) in [4.78, 5) is 3.42. The van der Waals surface area contributed by atoms with Crippen LogP contribution >= 0.6 is 11.8 Å². The largest absolute Gasteiger partial charge is 0.491 e. The van der Waals surface area contributed by atoms with Crippen LogP contribution in [0.3, 0.4) is 0 Å². The molecule has 0 unspecified atom stereocenters. The van der Waals surface area contributed by atoms with Gasteiger partial charge >= 0.3 is 0 Å². The average Bonchev–Trinajstić information content (AvgIpc) is 2.39. The van der Waals surface area contributed by atoms with Crippen LogP contribution in [0.2, 0.25) is 0 Å². The van der Waals surface area contributed by atoms with Gasteiger partial charge in [0.1, 0.15) is 5.75 Å². The van der Waals surface area contributed by atoms with E-state index in [2.05, 4.69) is 11.0 Å². The number of nitrogens with two attached hydrogens (primary N) is 1. The third kappa shape index (κ3) is 2.17. The maximum Gasteiger partial charge on any atom is 0.135 e. The zero-order chi connectivity index (χ0) is 11.7. The molecule has 0 atom stereocenters. The molecule has 2 aliphatic heterocycles. The fourth-order valence-electron chi connectivity index (χ4n) is 2.17. The summed E-state index contributed by atoms with van der Waals surface area (Å²) in [5, 5.41) is 0. The predicted molar refractivity (Wildman–Crippen MR) is 70.1 cm³/mol. The molecule has 0 saturated carbocycles.